The van der Waals surface area contributed by atoms with Gasteiger partial charge in [0.15, 0.2) is 0 Å². The number of fused-ring (bicyclic) bond motifs is 1. The average molecular weight is 466 g/mol. The van der Waals surface area contributed by atoms with Crippen LogP contribution >= 0.6 is 0 Å². The number of aromatic nitrogens is 3. The van der Waals surface area contributed by atoms with Crippen LogP contribution in [0.1, 0.15) is 34.4 Å². The summed E-state index contributed by atoms with van der Waals surface area (Å²) in [4.78, 5) is 5.56. The van der Waals surface area contributed by atoms with Gasteiger partial charge in [0, 0.05) is 54.2 Å². The van der Waals surface area contributed by atoms with Gasteiger partial charge in [-0.25, -0.2) is 4.68 Å². The summed E-state index contributed by atoms with van der Waals surface area (Å²) in [7, 11) is 2.10. The number of hydrogen-bond donors (Lipinski definition) is 2. The molecule has 2 aromatic heterocycles. The Labute approximate surface area is 208 Å². The number of nitrogens with one attached hydrogen (secondary N) is 2. The van der Waals surface area contributed by atoms with Crippen LogP contribution in [0, 0.1) is 20.8 Å². The molecule has 0 amide bonds. The summed E-state index contributed by atoms with van der Waals surface area (Å²) in [6.07, 6.45) is 6.99. The first-order valence-electron chi connectivity index (χ1n) is 12.1. The molecule has 0 unspecified atom stereocenters. The lowest BCUT2D eigenvalue weighted by Gasteiger charge is -2.22. The highest BCUT2D eigenvalue weighted by Crippen LogP contribution is 2.26. The van der Waals surface area contributed by atoms with Crippen molar-refractivity contribution < 1.29 is 0 Å². The molecule has 0 bridgehead atoms. The summed E-state index contributed by atoms with van der Waals surface area (Å²) < 4.78 is 1.97. The van der Waals surface area contributed by atoms with Gasteiger partial charge in [-0.2, -0.15) is 5.10 Å². The minimum atomic E-state index is 0.802. The largest absolute Gasteiger partial charge is 0.374 e. The highest BCUT2D eigenvalue weighted by atomic mass is 15.3. The molecule has 0 fully saturated rings. The predicted octanol–water partition coefficient (Wildman–Crippen LogP) is 6.38. The molecule has 0 aliphatic heterocycles. The lowest BCUT2D eigenvalue weighted by molar-refractivity contribution is 0.464. The Morgan fingerprint density at radius 1 is 1.03 bits per heavy atom. The van der Waals surface area contributed by atoms with Crippen molar-refractivity contribution in [1.29, 1.82) is 0 Å². The Bertz CT molecular complexity index is 1380. The maximum absolute atomic E-state index is 4.61. The Kier molecular flexibility index (Phi) is 7.25. The highest BCUT2D eigenvalue weighted by molar-refractivity contribution is 5.91. The van der Waals surface area contributed by atoms with Crippen LogP contribution in [0.5, 0.6) is 0 Å². The van der Waals surface area contributed by atoms with Gasteiger partial charge in [-0.3, -0.25) is 0 Å². The fraction of sp³-hybridized carbons (Fsp3) is 0.233. The topological polar surface area (TPSA) is 48.9 Å². The molecule has 5 heteroatoms. The lowest BCUT2D eigenvalue weighted by Crippen LogP contribution is -2.25. The number of H-pyrrole nitrogens is 1. The summed E-state index contributed by atoms with van der Waals surface area (Å²) >= 11 is 0. The summed E-state index contributed by atoms with van der Waals surface area (Å²) in [5.74, 6) is 0.932. The Morgan fingerprint density at radius 3 is 2.51 bits per heavy atom. The van der Waals surface area contributed by atoms with E-state index in [4.69, 9.17) is 0 Å². The van der Waals surface area contributed by atoms with E-state index in [0.717, 1.165) is 64.5 Å². The van der Waals surface area contributed by atoms with Crippen molar-refractivity contribution in [3.8, 4) is 0 Å². The molecule has 180 valence electrons. The molecule has 0 radical (unpaired) electrons. The third-order valence-electron chi connectivity index (χ3n) is 6.62. The molecule has 0 saturated carbocycles. The molecule has 0 aliphatic carbocycles. The zero-order valence-corrected chi connectivity index (χ0v) is 21.2. The average Bonchev–Trinajstić information content (AvgIpc) is 3.44. The second-order valence-electron chi connectivity index (χ2n) is 9.09. The van der Waals surface area contributed by atoms with Crippen LogP contribution in [0.2, 0.25) is 0 Å². The van der Waals surface area contributed by atoms with E-state index in [2.05, 4.69) is 104 Å². The molecule has 0 aliphatic rings. The molecular formula is C30H35N5. The summed E-state index contributed by atoms with van der Waals surface area (Å²) in [6.45, 7) is 16.7. The summed E-state index contributed by atoms with van der Waals surface area (Å²) in [5, 5.41) is 9.41. The molecule has 4 aromatic rings. The standard InChI is InChI=1S/C30H35N5/c1-21-12-7-8-13-26(21)22(2)18-30(35-24(4)23(3)19-33-35)31-16-11-17-34(6)25(5)28-20-32-29-15-10-9-14-27(28)29/h7-10,12-15,18-20,31-32H,2,5,11,16-17H2,1,3-4,6H3/b30-18-. The Balaban J connectivity index is 1.43. The van der Waals surface area contributed by atoms with E-state index < -0.39 is 0 Å². The van der Waals surface area contributed by atoms with Gasteiger partial charge in [-0.1, -0.05) is 55.6 Å². The molecule has 2 N–H and O–H groups in total. The lowest BCUT2D eigenvalue weighted by atomic mass is 10.0. The Morgan fingerprint density at radius 2 is 1.77 bits per heavy atom. The van der Waals surface area contributed by atoms with Crippen LogP contribution < -0.4 is 5.32 Å². The first kappa shape index (κ1) is 24.1. The van der Waals surface area contributed by atoms with Gasteiger partial charge in [-0.15, -0.1) is 0 Å². The third-order valence-corrected chi connectivity index (χ3v) is 6.62. The van der Waals surface area contributed by atoms with Gasteiger partial charge >= 0.3 is 0 Å². The molecule has 4 rings (SSSR count). The quantitative estimate of drug-likeness (QED) is 0.211. The highest BCUT2D eigenvalue weighted by Gasteiger charge is 2.12. The smallest absolute Gasteiger partial charge is 0.128 e. The number of para-hydroxylation sites is 1. The second-order valence-corrected chi connectivity index (χ2v) is 9.09. The van der Waals surface area contributed by atoms with Gasteiger partial charge in [-0.05, 0) is 61.6 Å². The van der Waals surface area contributed by atoms with Crippen molar-refractivity contribution in [1.82, 2.24) is 25.0 Å². The van der Waals surface area contributed by atoms with E-state index in [9.17, 15) is 0 Å². The summed E-state index contributed by atoms with van der Waals surface area (Å²) in [5.41, 5.74) is 8.89. The van der Waals surface area contributed by atoms with Gasteiger partial charge in [0.1, 0.15) is 5.82 Å². The van der Waals surface area contributed by atoms with Gasteiger partial charge in [0.2, 0.25) is 0 Å². The molecular weight excluding hydrogens is 430 g/mol. The third kappa shape index (κ3) is 5.24. The number of rotatable bonds is 10. The van der Waals surface area contributed by atoms with Crippen molar-refractivity contribution in [2.24, 2.45) is 0 Å². The number of hydrogen-bond acceptors (Lipinski definition) is 3. The van der Waals surface area contributed by atoms with E-state index in [1.807, 2.05) is 29.2 Å². The van der Waals surface area contributed by atoms with Crippen molar-refractivity contribution in [2.45, 2.75) is 27.2 Å². The zero-order valence-electron chi connectivity index (χ0n) is 21.2. The second kappa shape index (κ2) is 10.5. The van der Waals surface area contributed by atoms with E-state index >= 15 is 0 Å². The van der Waals surface area contributed by atoms with Crippen LogP contribution in [0.25, 0.3) is 28.0 Å². The molecule has 0 saturated heterocycles. The van der Waals surface area contributed by atoms with Gasteiger partial charge < -0.3 is 15.2 Å². The van der Waals surface area contributed by atoms with Gasteiger partial charge in [0.25, 0.3) is 0 Å². The normalized spacial score (nSPS) is 11.6. The van der Waals surface area contributed by atoms with Gasteiger partial charge in [0.05, 0.1) is 6.20 Å². The number of allylic oxidation sites excluding steroid dienone is 2. The van der Waals surface area contributed by atoms with Crippen LogP contribution in [0.3, 0.4) is 0 Å². The first-order chi connectivity index (χ1) is 16.9. The SMILES string of the molecule is C=C(/C=C(/NCCCN(C)C(=C)c1c[nH]c2ccccc12)n1ncc(C)c1C)c1ccccc1C. The number of aryl methyl sites for hydroxylation is 2. The van der Waals surface area contributed by atoms with Crippen LogP contribution in [0.4, 0.5) is 0 Å². The maximum atomic E-state index is 4.61. The predicted molar refractivity (Wildman–Crippen MR) is 149 cm³/mol. The molecule has 0 spiro atoms. The van der Waals surface area contributed by atoms with Crippen molar-refractivity contribution in [2.75, 3.05) is 20.1 Å². The molecule has 5 nitrogen and oxygen atoms in total. The van der Waals surface area contributed by atoms with Crippen molar-refractivity contribution in [3.05, 3.63) is 108 Å². The van der Waals surface area contributed by atoms with E-state index in [-0.39, 0.29) is 0 Å². The molecule has 2 heterocycles. The number of aromatic amines is 1. The molecule has 0 atom stereocenters. The van der Waals surface area contributed by atoms with Crippen molar-refractivity contribution >= 4 is 28.0 Å². The van der Waals surface area contributed by atoms with Crippen LogP contribution in [-0.4, -0.2) is 39.8 Å². The molecule has 35 heavy (non-hydrogen) atoms. The first-order valence-corrected chi connectivity index (χ1v) is 12.1. The van der Waals surface area contributed by atoms with E-state index in [1.165, 1.54) is 10.9 Å². The van der Waals surface area contributed by atoms with Crippen molar-refractivity contribution in [3.63, 3.8) is 0 Å². The maximum Gasteiger partial charge on any atom is 0.128 e. The zero-order chi connectivity index (χ0) is 24.9. The van der Waals surface area contributed by atoms with Crippen LogP contribution in [0.15, 0.2) is 80.2 Å². The fourth-order valence-electron chi connectivity index (χ4n) is 4.28. The fourth-order valence-corrected chi connectivity index (χ4v) is 4.28. The van der Waals surface area contributed by atoms with E-state index in [0.29, 0.717) is 0 Å². The molecule has 2 aromatic carbocycles. The Hall–Kier alpha value is -3.99. The van der Waals surface area contributed by atoms with E-state index in [1.54, 1.807) is 0 Å². The summed E-state index contributed by atoms with van der Waals surface area (Å²) in [6, 6.07) is 16.7. The minimum absolute atomic E-state index is 0.802. The monoisotopic (exact) mass is 465 g/mol. The number of nitrogens with zero attached hydrogens (tertiary/aromatic N) is 3. The minimum Gasteiger partial charge on any atom is -0.374 e. The van der Waals surface area contributed by atoms with Crippen LogP contribution in [-0.2, 0) is 0 Å². The number of benzene rings is 2.